The first-order valence-corrected chi connectivity index (χ1v) is 9.42. The van der Waals surface area contributed by atoms with Crippen LogP contribution in [0.4, 0.5) is 0 Å². The molecule has 2 aromatic carbocycles. The van der Waals surface area contributed by atoms with Crippen molar-refractivity contribution in [1.29, 1.82) is 0 Å². The molecule has 3 rings (SSSR count). The summed E-state index contributed by atoms with van der Waals surface area (Å²) >= 11 is 0. The third kappa shape index (κ3) is 3.92. The highest BCUT2D eigenvalue weighted by Crippen LogP contribution is 2.43. The van der Waals surface area contributed by atoms with E-state index in [1.54, 1.807) is 36.4 Å². The number of carboxylic acid groups (broad SMARTS) is 1. The number of hydrogen-bond donors (Lipinski definition) is 2. The van der Waals surface area contributed by atoms with Crippen molar-refractivity contribution in [3.8, 4) is 45.3 Å². The largest absolute Gasteiger partial charge is 0.493 e. The first-order chi connectivity index (χ1) is 15.4. The number of ether oxygens (including phenoxy) is 5. The molecule has 32 heavy (non-hydrogen) atoms. The minimum absolute atomic E-state index is 0.0121. The second kappa shape index (κ2) is 9.34. The molecule has 3 aromatic rings. The van der Waals surface area contributed by atoms with Crippen LogP contribution in [0.25, 0.3) is 22.3 Å². The molecule has 0 unspecified atom stereocenters. The first kappa shape index (κ1) is 22.5. The number of aromatic nitrogens is 1. The Hall–Kier alpha value is -4.14. The van der Waals surface area contributed by atoms with Gasteiger partial charge < -0.3 is 33.8 Å². The molecular formula is C23H23NO8. The maximum Gasteiger partial charge on any atom is 0.355 e. The number of aromatic amines is 1. The molecule has 1 heterocycles. The minimum Gasteiger partial charge on any atom is -0.493 e. The van der Waals surface area contributed by atoms with Gasteiger partial charge in [-0.3, -0.25) is 0 Å². The van der Waals surface area contributed by atoms with Crippen LogP contribution in [-0.2, 0) is 4.74 Å². The molecule has 0 saturated carbocycles. The maximum absolute atomic E-state index is 12.6. The topological polar surface area (TPSA) is 116 Å². The van der Waals surface area contributed by atoms with E-state index < -0.39 is 11.9 Å². The molecule has 0 bridgehead atoms. The fourth-order valence-corrected chi connectivity index (χ4v) is 3.48. The first-order valence-electron chi connectivity index (χ1n) is 9.42. The van der Waals surface area contributed by atoms with E-state index in [4.69, 9.17) is 23.7 Å². The van der Waals surface area contributed by atoms with Gasteiger partial charge in [0.25, 0.3) is 0 Å². The molecule has 2 N–H and O–H groups in total. The zero-order valence-electron chi connectivity index (χ0n) is 18.3. The number of H-pyrrole nitrogens is 1. The highest BCUT2D eigenvalue weighted by atomic mass is 16.5. The van der Waals surface area contributed by atoms with Crippen LogP contribution in [0.5, 0.6) is 23.0 Å². The van der Waals surface area contributed by atoms with Crippen molar-refractivity contribution < 1.29 is 38.4 Å². The second-order valence-electron chi connectivity index (χ2n) is 6.56. The Bertz CT molecular complexity index is 1170. The van der Waals surface area contributed by atoms with Gasteiger partial charge in [-0.25, -0.2) is 9.59 Å². The fourth-order valence-electron chi connectivity index (χ4n) is 3.48. The van der Waals surface area contributed by atoms with Crippen LogP contribution < -0.4 is 18.9 Å². The molecule has 9 nitrogen and oxygen atoms in total. The highest BCUT2D eigenvalue weighted by molar-refractivity contribution is 6.08. The fraction of sp³-hybridized carbons (Fsp3) is 0.217. The summed E-state index contributed by atoms with van der Waals surface area (Å²) in [5.41, 5.74) is 1.45. The number of hydrogen-bond acceptors (Lipinski definition) is 7. The third-order valence-electron chi connectivity index (χ3n) is 4.95. The van der Waals surface area contributed by atoms with Crippen molar-refractivity contribution in [1.82, 2.24) is 4.98 Å². The standard InChI is InChI=1S/C23H23NO8/c1-28-14-8-6-12(10-16(14)30-3)18-19(13-7-9-15(29-2)17(11-13)31-4)21(23(27)32-5)24-20(18)22(25)26/h6-11,24H,1-5H3,(H,25,26). The number of rotatable bonds is 8. The average Bonchev–Trinajstić information content (AvgIpc) is 3.23. The van der Waals surface area contributed by atoms with Gasteiger partial charge in [0.2, 0.25) is 0 Å². The summed E-state index contributed by atoms with van der Waals surface area (Å²) in [5.74, 6) is -0.185. The molecule has 0 amide bonds. The van der Waals surface area contributed by atoms with Gasteiger partial charge in [0.05, 0.1) is 35.5 Å². The van der Waals surface area contributed by atoms with Gasteiger partial charge in [-0.2, -0.15) is 0 Å². The van der Waals surface area contributed by atoms with Crippen LogP contribution in [-0.4, -0.2) is 57.6 Å². The number of carboxylic acids is 1. The molecule has 0 radical (unpaired) electrons. The Kier molecular flexibility index (Phi) is 6.58. The second-order valence-corrected chi connectivity index (χ2v) is 6.56. The molecule has 1 aromatic heterocycles. The van der Waals surface area contributed by atoms with E-state index in [1.807, 2.05) is 0 Å². The van der Waals surface area contributed by atoms with Crippen molar-refractivity contribution in [3.63, 3.8) is 0 Å². The number of methoxy groups -OCH3 is 5. The van der Waals surface area contributed by atoms with Crippen molar-refractivity contribution in [2.24, 2.45) is 0 Å². The zero-order chi connectivity index (χ0) is 23.4. The predicted octanol–water partition coefficient (Wildman–Crippen LogP) is 3.87. The molecule has 0 aliphatic rings. The van der Waals surface area contributed by atoms with Crippen LogP contribution in [0.3, 0.4) is 0 Å². The highest BCUT2D eigenvalue weighted by Gasteiger charge is 2.29. The average molecular weight is 441 g/mol. The van der Waals surface area contributed by atoms with E-state index in [0.29, 0.717) is 39.7 Å². The van der Waals surface area contributed by atoms with Crippen LogP contribution in [0.1, 0.15) is 21.0 Å². The van der Waals surface area contributed by atoms with Crippen molar-refractivity contribution in [2.45, 2.75) is 0 Å². The number of carbonyl (C=O) groups excluding carboxylic acids is 1. The maximum atomic E-state index is 12.6. The SMILES string of the molecule is COC(=O)c1[nH]c(C(=O)O)c(-c2ccc(OC)c(OC)c2)c1-c1ccc(OC)c(OC)c1. The Morgan fingerprint density at radius 1 is 0.688 bits per heavy atom. The number of nitrogens with one attached hydrogen (secondary N) is 1. The van der Waals surface area contributed by atoms with Crippen molar-refractivity contribution in [3.05, 3.63) is 47.8 Å². The number of benzene rings is 2. The molecule has 0 spiro atoms. The van der Waals surface area contributed by atoms with Gasteiger partial charge >= 0.3 is 11.9 Å². The molecule has 168 valence electrons. The van der Waals surface area contributed by atoms with Crippen LogP contribution in [0, 0.1) is 0 Å². The molecule has 0 fully saturated rings. The summed E-state index contributed by atoms with van der Waals surface area (Å²) in [4.78, 5) is 27.4. The molecule has 0 saturated heterocycles. The van der Waals surface area contributed by atoms with Gasteiger partial charge in [0.15, 0.2) is 23.0 Å². The smallest absolute Gasteiger partial charge is 0.355 e. The van der Waals surface area contributed by atoms with E-state index >= 15 is 0 Å². The summed E-state index contributed by atoms with van der Waals surface area (Å²) < 4.78 is 26.2. The quantitative estimate of drug-likeness (QED) is 0.506. The van der Waals surface area contributed by atoms with Crippen molar-refractivity contribution >= 4 is 11.9 Å². The van der Waals surface area contributed by atoms with E-state index in [-0.39, 0.29) is 17.0 Å². The molecular weight excluding hydrogens is 418 g/mol. The Labute approximate surface area is 184 Å². The summed E-state index contributed by atoms with van der Waals surface area (Å²) in [6.07, 6.45) is 0. The van der Waals surface area contributed by atoms with Gasteiger partial charge in [-0.15, -0.1) is 0 Å². The molecule has 0 atom stereocenters. The van der Waals surface area contributed by atoms with E-state index in [2.05, 4.69) is 4.98 Å². The number of aromatic carboxylic acids is 1. The van der Waals surface area contributed by atoms with Gasteiger partial charge in [-0.05, 0) is 35.4 Å². The summed E-state index contributed by atoms with van der Waals surface area (Å²) in [6, 6.07) is 10.0. The van der Waals surface area contributed by atoms with Gasteiger partial charge in [0.1, 0.15) is 11.4 Å². The zero-order valence-corrected chi connectivity index (χ0v) is 18.3. The Balaban J connectivity index is 2.40. The number of carbonyl (C=O) groups is 2. The van der Waals surface area contributed by atoms with Crippen LogP contribution >= 0.6 is 0 Å². The van der Waals surface area contributed by atoms with Gasteiger partial charge in [-0.1, -0.05) is 12.1 Å². The molecule has 0 aliphatic carbocycles. The predicted molar refractivity (Wildman–Crippen MR) is 116 cm³/mol. The minimum atomic E-state index is -1.24. The lowest BCUT2D eigenvalue weighted by Gasteiger charge is -2.13. The summed E-state index contributed by atoms with van der Waals surface area (Å²) in [7, 11) is 7.19. The van der Waals surface area contributed by atoms with Crippen molar-refractivity contribution in [2.75, 3.05) is 35.5 Å². The normalized spacial score (nSPS) is 10.4. The van der Waals surface area contributed by atoms with Crippen LogP contribution in [0.15, 0.2) is 36.4 Å². The van der Waals surface area contributed by atoms with E-state index in [0.717, 1.165) is 0 Å². The Morgan fingerprint density at radius 3 is 1.50 bits per heavy atom. The Morgan fingerprint density at radius 2 is 1.12 bits per heavy atom. The lowest BCUT2D eigenvalue weighted by atomic mass is 9.94. The van der Waals surface area contributed by atoms with Crippen LogP contribution in [0.2, 0.25) is 0 Å². The van der Waals surface area contributed by atoms with E-state index in [1.165, 1.54) is 35.5 Å². The van der Waals surface area contributed by atoms with E-state index in [9.17, 15) is 14.7 Å². The number of esters is 1. The lowest BCUT2D eigenvalue weighted by molar-refractivity contribution is 0.0595. The monoisotopic (exact) mass is 441 g/mol. The summed E-state index contributed by atoms with van der Waals surface area (Å²) in [6.45, 7) is 0. The van der Waals surface area contributed by atoms with Gasteiger partial charge in [0, 0.05) is 11.1 Å². The molecule has 9 heteroatoms. The lowest BCUT2D eigenvalue weighted by Crippen LogP contribution is -2.04. The molecule has 0 aliphatic heterocycles. The third-order valence-corrected chi connectivity index (χ3v) is 4.95. The summed E-state index contributed by atoms with van der Waals surface area (Å²) in [5, 5.41) is 9.89.